The number of hydrogen-bond donors (Lipinski definition) is 1. The molecule has 0 spiro atoms. The van der Waals surface area contributed by atoms with Crippen molar-refractivity contribution < 1.29 is 4.39 Å². The Morgan fingerprint density at radius 3 is 2.70 bits per heavy atom. The van der Waals surface area contributed by atoms with Crippen LogP contribution in [0.25, 0.3) is 0 Å². The molecule has 0 bridgehead atoms. The standard InChI is InChI=1S/C17H23FN2/c1-2-3-13-4-8-17(9-5-13)20-12-15-10-16(18)7-6-14(15)11-19/h6-7,10,13,17,20H,2-5,8-9,12H2,1H3. The smallest absolute Gasteiger partial charge is 0.123 e. The van der Waals surface area contributed by atoms with Crippen LogP contribution in [0.4, 0.5) is 4.39 Å². The number of nitrogens with zero attached hydrogens (tertiary/aromatic N) is 1. The Labute approximate surface area is 121 Å². The summed E-state index contributed by atoms with van der Waals surface area (Å²) in [5, 5.41) is 12.5. The molecule has 0 aliphatic heterocycles. The third kappa shape index (κ3) is 4.05. The second-order valence-electron chi connectivity index (χ2n) is 5.80. The zero-order chi connectivity index (χ0) is 14.4. The van der Waals surface area contributed by atoms with Gasteiger partial charge in [-0.25, -0.2) is 4.39 Å². The summed E-state index contributed by atoms with van der Waals surface area (Å²) in [6.45, 7) is 2.83. The van der Waals surface area contributed by atoms with Crippen molar-refractivity contribution >= 4 is 0 Å². The Morgan fingerprint density at radius 2 is 2.05 bits per heavy atom. The molecule has 3 heteroatoms. The Kier molecular flexibility index (Phi) is 5.55. The van der Waals surface area contributed by atoms with Crippen LogP contribution in [-0.4, -0.2) is 6.04 Å². The highest BCUT2D eigenvalue weighted by Crippen LogP contribution is 2.28. The summed E-state index contributed by atoms with van der Waals surface area (Å²) in [5.41, 5.74) is 1.33. The van der Waals surface area contributed by atoms with Gasteiger partial charge in [0.2, 0.25) is 0 Å². The van der Waals surface area contributed by atoms with E-state index < -0.39 is 0 Å². The maximum atomic E-state index is 13.2. The summed E-state index contributed by atoms with van der Waals surface area (Å²) >= 11 is 0. The van der Waals surface area contributed by atoms with Crippen molar-refractivity contribution in [1.82, 2.24) is 5.32 Å². The van der Waals surface area contributed by atoms with E-state index in [0.717, 1.165) is 11.5 Å². The molecule has 1 aromatic carbocycles. The molecule has 1 saturated carbocycles. The lowest BCUT2D eigenvalue weighted by atomic mass is 9.83. The number of benzene rings is 1. The van der Waals surface area contributed by atoms with Crippen molar-refractivity contribution in [3.05, 3.63) is 35.1 Å². The van der Waals surface area contributed by atoms with Gasteiger partial charge < -0.3 is 5.32 Å². The van der Waals surface area contributed by atoms with Crippen molar-refractivity contribution in [2.75, 3.05) is 0 Å². The normalized spacial score (nSPS) is 22.4. The zero-order valence-corrected chi connectivity index (χ0v) is 12.2. The second kappa shape index (κ2) is 7.40. The van der Waals surface area contributed by atoms with E-state index in [4.69, 9.17) is 5.26 Å². The molecule has 1 aliphatic carbocycles. The van der Waals surface area contributed by atoms with Crippen molar-refractivity contribution in [1.29, 1.82) is 5.26 Å². The molecule has 1 aromatic rings. The minimum absolute atomic E-state index is 0.271. The van der Waals surface area contributed by atoms with Gasteiger partial charge in [-0.3, -0.25) is 0 Å². The van der Waals surface area contributed by atoms with Gasteiger partial charge in [0.05, 0.1) is 11.6 Å². The van der Waals surface area contributed by atoms with Crippen LogP contribution >= 0.6 is 0 Å². The summed E-state index contributed by atoms with van der Waals surface area (Å²) in [7, 11) is 0. The summed E-state index contributed by atoms with van der Waals surface area (Å²) in [6.07, 6.45) is 7.59. The molecule has 0 unspecified atom stereocenters. The fourth-order valence-corrected chi connectivity index (χ4v) is 3.14. The van der Waals surface area contributed by atoms with E-state index in [1.165, 1.54) is 50.7 Å². The molecule has 1 N–H and O–H groups in total. The zero-order valence-electron chi connectivity index (χ0n) is 12.2. The predicted molar refractivity (Wildman–Crippen MR) is 78.6 cm³/mol. The molecule has 0 amide bonds. The van der Waals surface area contributed by atoms with E-state index in [-0.39, 0.29) is 5.82 Å². The SMILES string of the molecule is CCCC1CCC(NCc2cc(F)ccc2C#N)CC1. The first-order valence-electron chi connectivity index (χ1n) is 7.64. The number of nitriles is 1. The Bertz CT molecular complexity index is 470. The average molecular weight is 274 g/mol. The largest absolute Gasteiger partial charge is 0.310 e. The van der Waals surface area contributed by atoms with Gasteiger partial charge in [0, 0.05) is 12.6 Å². The molecule has 0 saturated heterocycles. The Morgan fingerprint density at radius 1 is 1.30 bits per heavy atom. The van der Waals surface area contributed by atoms with Gasteiger partial charge in [0.15, 0.2) is 0 Å². The van der Waals surface area contributed by atoms with Crippen LogP contribution in [0.2, 0.25) is 0 Å². The minimum Gasteiger partial charge on any atom is -0.310 e. The van der Waals surface area contributed by atoms with Gasteiger partial charge >= 0.3 is 0 Å². The molecule has 0 aromatic heterocycles. The number of halogens is 1. The van der Waals surface area contributed by atoms with Crippen molar-refractivity contribution in [2.24, 2.45) is 5.92 Å². The average Bonchev–Trinajstić information content (AvgIpc) is 2.47. The third-order valence-corrected chi connectivity index (χ3v) is 4.31. The Hall–Kier alpha value is -1.40. The van der Waals surface area contributed by atoms with Crippen LogP contribution < -0.4 is 5.32 Å². The highest BCUT2D eigenvalue weighted by Gasteiger charge is 2.20. The summed E-state index contributed by atoms with van der Waals surface area (Å²) in [4.78, 5) is 0. The Balaban J connectivity index is 1.85. The van der Waals surface area contributed by atoms with Crippen LogP contribution in [0.15, 0.2) is 18.2 Å². The molecule has 0 atom stereocenters. The molecule has 1 fully saturated rings. The first kappa shape index (κ1) is 15.0. The molecule has 0 radical (unpaired) electrons. The van der Waals surface area contributed by atoms with Gasteiger partial charge in [-0.2, -0.15) is 5.26 Å². The van der Waals surface area contributed by atoms with Crippen LogP contribution in [-0.2, 0) is 6.54 Å². The van der Waals surface area contributed by atoms with Gasteiger partial charge in [-0.1, -0.05) is 19.8 Å². The lowest BCUT2D eigenvalue weighted by Crippen LogP contribution is -2.33. The van der Waals surface area contributed by atoms with Gasteiger partial charge in [-0.15, -0.1) is 0 Å². The highest BCUT2D eigenvalue weighted by atomic mass is 19.1. The van der Waals surface area contributed by atoms with Crippen molar-refractivity contribution in [2.45, 2.75) is 58.0 Å². The third-order valence-electron chi connectivity index (χ3n) is 4.31. The first-order valence-corrected chi connectivity index (χ1v) is 7.64. The molecule has 0 heterocycles. The summed E-state index contributed by atoms with van der Waals surface area (Å²) in [6, 6.07) is 7.01. The van der Waals surface area contributed by atoms with Crippen LogP contribution in [0.3, 0.4) is 0 Å². The molecule has 20 heavy (non-hydrogen) atoms. The van der Waals surface area contributed by atoms with E-state index in [0.29, 0.717) is 18.2 Å². The quantitative estimate of drug-likeness (QED) is 0.875. The minimum atomic E-state index is -0.271. The molecular weight excluding hydrogens is 251 g/mol. The van der Waals surface area contributed by atoms with E-state index in [1.54, 1.807) is 6.07 Å². The number of nitrogens with one attached hydrogen (secondary N) is 1. The lowest BCUT2D eigenvalue weighted by molar-refractivity contribution is 0.277. The van der Waals surface area contributed by atoms with Gasteiger partial charge in [0.25, 0.3) is 0 Å². The monoisotopic (exact) mass is 274 g/mol. The van der Waals surface area contributed by atoms with Crippen molar-refractivity contribution in [3.63, 3.8) is 0 Å². The van der Waals surface area contributed by atoms with E-state index in [9.17, 15) is 4.39 Å². The van der Waals surface area contributed by atoms with Crippen LogP contribution in [0, 0.1) is 23.1 Å². The van der Waals surface area contributed by atoms with Gasteiger partial charge in [0.1, 0.15) is 5.82 Å². The number of hydrogen-bond acceptors (Lipinski definition) is 2. The highest BCUT2D eigenvalue weighted by molar-refractivity contribution is 5.37. The molecule has 2 nitrogen and oxygen atoms in total. The topological polar surface area (TPSA) is 35.8 Å². The van der Waals surface area contributed by atoms with Gasteiger partial charge in [-0.05, 0) is 55.4 Å². The van der Waals surface area contributed by atoms with E-state index >= 15 is 0 Å². The van der Waals surface area contributed by atoms with Crippen LogP contribution in [0.1, 0.15) is 56.6 Å². The second-order valence-corrected chi connectivity index (χ2v) is 5.80. The maximum absolute atomic E-state index is 13.2. The fourth-order valence-electron chi connectivity index (χ4n) is 3.14. The molecule has 2 rings (SSSR count). The van der Waals surface area contributed by atoms with Crippen molar-refractivity contribution in [3.8, 4) is 6.07 Å². The first-order chi connectivity index (χ1) is 9.72. The van der Waals surface area contributed by atoms with E-state index in [1.807, 2.05) is 0 Å². The fraction of sp³-hybridized carbons (Fsp3) is 0.588. The maximum Gasteiger partial charge on any atom is 0.123 e. The predicted octanol–water partition coefficient (Wildman–Crippen LogP) is 4.15. The number of rotatable bonds is 5. The molecular formula is C17H23FN2. The van der Waals surface area contributed by atoms with E-state index in [2.05, 4.69) is 18.3 Å². The molecule has 1 aliphatic rings. The summed E-state index contributed by atoms with van der Waals surface area (Å²) in [5.74, 6) is 0.620. The lowest BCUT2D eigenvalue weighted by Gasteiger charge is -2.29. The molecule has 108 valence electrons. The summed E-state index contributed by atoms with van der Waals surface area (Å²) < 4.78 is 13.2. The van der Waals surface area contributed by atoms with Crippen LogP contribution in [0.5, 0.6) is 0 Å².